The maximum atomic E-state index is 13.2. The van der Waals surface area contributed by atoms with Crippen molar-refractivity contribution in [2.45, 2.75) is 26.8 Å². The Hall–Kier alpha value is -3.85. The molecule has 32 heavy (non-hydrogen) atoms. The van der Waals surface area contributed by atoms with Crippen molar-refractivity contribution in [1.82, 2.24) is 9.55 Å². The third-order valence-corrected chi connectivity index (χ3v) is 6.14. The molecule has 0 atom stereocenters. The van der Waals surface area contributed by atoms with Gasteiger partial charge in [-0.1, -0.05) is 37.3 Å². The lowest BCUT2D eigenvalue weighted by molar-refractivity contribution is -0.384. The predicted octanol–water partition coefficient (Wildman–Crippen LogP) is 4.54. The molecule has 0 bridgehead atoms. The van der Waals surface area contributed by atoms with Crippen LogP contribution in [0.25, 0.3) is 21.3 Å². The molecule has 0 saturated carbocycles. The van der Waals surface area contributed by atoms with Gasteiger partial charge in [-0.25, -0.2) is 4.98 Å². The lowest BCUT2D eigenvalue weighted by atomic mass is 10.0. The first-order valence-electron chi connectivity index (χ1n) is 9.98. The number of nitrogens with zero attached hydrogens (tertiary/aromatic N) is 3. The second-order valence-electron chi connectivity index (χ2n) is 7.36. The van der Waals surface area contributed by atoms with Crippen LogP contribution in [0.2, 0.25) is 0 Å². The highest BCUT2D eigenvalue weighted by Crippen LogP contribution is 2.31. The molecule has 2 heterocycles. The van der Waals surface area contributed by atoms with E-state index < -0.39 is 10.8 Å². The fourth-order valence-corrected chi connectivity index (χ4v) is 4.32. The molecule has 1 N–H and O–H groups in total. The Labute approximate surface area is 187 Å². The van der Waals surface area contributed by atoms with Crippen LogP contribution in [-0.2, 0) is 17.8 Å². The van der Waals surface area contributed by atoms with Crippen LogP contribution in [0.5, 0.6) is 0 Å². The van der Waals surface area contributed by atoms with Crippen LogP contribution in [0.1, 0.15) is 18.1 Å². The largest absolute Gasteiger partial charge is 0.324 e. The molecule has 2 aromatic heterocycles. The molecule has 1 amide bonds. The molecule has 0 radical (unpaired) electrons. The maximum Gasteiger partial charge on any atom is 0.271 e. The van der Waals surface area contributed by atoms with Crippen molar-refractivity contribution in [1.29, 1.82) is 0 Å². The number of fused-ring (bicyclic) bond motifs is 1. The number of aromatic nitrogens is 2. The molecule has 0 spiro atoms. The second kappa shape index (κ2) is 8.72. The third kappa shape index (κ3) is 4.15. The quantitative estimate of drug-likeness (QED) is 0.344. The number of rotatable bonds is 6. The summed E-state index contributed by atoms with van der Waals surface area (Å²) in [6.45, 7) is 3.56. The number of aryl methyl sites for hydroxylation is 2. The molecule has 9 heteroatoms. The van der Waals surface area contributed by atoms with E-state index in [1.165, 1.54) is 39.9 Å². The van der Waals surface area contributed by atoms with E-state index in [1.54, 1.807) is 13.0 Å². The van der Waals surface area contributed by atoms with Crippen LogP contribution in [0.4, 0.5) is 11.4 Å². The van der Waals surface area contributed by atoms with E-state index in [2.05, 4.69) is 17.2 Å². The van der Waals surface area contributed by atoms with Crippen molar-refractivity contribution in [2.24, 2.45) is 0 Å². The van der Waals surface area contributed by atoms with Gasteiger partial charge in [0.05, 0.1) is 22.3 Å². The minimum atomic E-state index is -0.525. The monoisotopic (exact) mass is 448 g/mol. The van der Waals surface area contributed by atoms with Crippen LogP contribution in [-0.4, -0.2) is 20.4 Å². The molecule has 0 fully saturated rings. The van der Waals surface area contributed by atoms with Crippen molar-refractivity contribution in [2.75, 3.05) is 5.32 Å². The first kappa shape index (κ1) is 21.4. The summed E-state index contributed by atoms with van der Waals surface area (Å²) < 4.78 is 1.25. The van der Waals surface area contributed by atoms with E-state index in [9.17, 15) is 19.7 Å². The number of nitro benzene ring substituents is 1. The number of nitro groups is 1. The summed E-state index contributed by atoms with van der Waals surface area (Å²) in [7, 11) is 0. The average Bonchev–Trinajstić information content (AvgIpc) is 3.22. The van der Waals surface area contributed by atoms with Gasteiger partial charge in [0.2, 0.25) is 5.91 Å². The topological polar surface area (TPSA) is 107 Å². The molecule has 0 aliphatic rings. The molecule has 8 nitrogen and oxygen atoms in total. The van der Waals surface area contributed by atoms with Gasteiger partial charge in [0.25, 0.3) is 11.2 Å². The Morgan fingerprint density at radius 3 is 2.66 bits per heavy atom. The van der Waals surface area contributed by atoms with Crippen molar-refractivity contribution in [3.63, 3.8) is 0 Å². The van der Waals surface area contributed by atoms with Gasteiger partial charge in [0.1, 0.15) is 11.4 Å². The number of carbonyl (C=O) groups excluding carboxylic acids is 1. The Bertz CT molecular complexity index is 1390. The van der Waals surface area contributed by atoms with E-state index in [1.807, 2.05) is 29.6 Å². The number of nitrogens with one attached hydrogen (secondary N) is 1. The van der Waals surface area contributed by atoms with Crippen molar-refractivity contribution in [3.8, 4) is 11.1 Å². The van der Waals surface area contributed by atoms with Crippen molar-refractivity contribution >= 4 is 38.8 Å². The molecule has 2 aromatic carbocycles. The zero-order valence-corrected chi connectivity index (χ0v) is 18.3. The molecular weight excluding hydrogens is 428 g/mol. The Kier molecular flexibility index (Phi) is 5.83. The van der Waals surface area contributed by atoms with Crippen molar-refractivity contribution in [3.05, 3.63) is 85.8 Å². The number of benzene rings is 2. The fraction of sp³-hybridized carbons (Fsp3) is 0.174. The third-order valence-electron chi connectivity index (χ3n) is 5.25. The Balaban J connectivity index is 1.63. The highest BCUT2D eigenvalue weighted by atomic mass is 32.1. The number of carbonyl (C=O) groups is 1. The zero-order valence-electron chi connectivity index (χ0n) is 17.5. The summed E-state index contributed by atoms with van der Waals surface area (Å²) in [5, 5.41) is 16.0. The molecule has 0 aliphatic heterocycles. The smallest absolute Gasteiger partial charge is 0.271 e. The molecule has 162 valence electrons. The second-order valence-corrected chi connectivity index (χ2v) is 8.22. The van der Waals surface area contributed by atoms with Crippen LogP contribution < -0.4 is 10.9 Å². The average molecular weight is 449 g/mol. The standard InChI is InChI=1S/C23H20N4O4S/c1-3-15-5-7-16(8-6-15)18-12-32-22-21(18)23(29)26(13-24-22)11-20(28)25-19-10-17(27(30)31)9-4-14(19)2/h4-10,12-13H,3,11H2,1-2H3,(H,25,28). The first-order valence-corrected chi connectivity index (χ1v) is 10.9. The number of hydrogen-bond donors (Lipinski definition) is 1. The summed E-state index contributed by atoms with van der Waals surface area (Å²) in [6, 6.07) is 12.3. The minimum Gasteiger partial charge on any atom is -0.324 e. The number of non-ortho nitro benzene ring substituents is 1. The Morgan fingerprint density at radius 1 is 1.22 bits per heavy atom. The lowest BCUT2D eigenvalue weighted by Gasteiger charge is -2.10. The number of amides is 1. The maximum absolute atomic E-state index is 13.2. The zero-order chi connectivity index (χ0) is 22.8. The van der Waals surface area contributed by atoms with Crippen LogP contribution in [0, 0.1) is 17.0 Å². The van der Waals surface area contributed by atoms with Gasteiger partial charge in [-0.2, -0.15) is 0 Å². The molecule has 0 unspecified atom stereocenters. The van der Waals surface area contributed by atoms with Crippen LogP contribution in [0.3, 0.4) is 0 Å². The minimum absolute atomic E-state index is 0.122. The van der Waals surface area contributed by atoms with Gasteiger partial charge in [0, 0.05) is 23.1 Å². The highest BCUT2D eigenvalue weighted by molar-refractivity contribution is 7.17. The number of thiophene rings is 1. The van der Waals surface area contributed by atoms with E-state index >= 15 is 0 Å². The summed E-state index contributed by atoms with van der Waals surface area (Å²) in [4.78, 5) is 41.2. The SMILES string of the molecule is CCc1ccc(-c2csc3ncn(CC(=O)Nc4cc([N+](=O)[O-])ccc4C)c(=O)c23)cc1. The Morgan fingerprint density at radius 2 is 1.97 bits per heavy atom. The van der Waals surface area contributed by atoms with Gasteiger partial charge in [-0.15, -0.1) is 11.3 Å². The summed E-state index contributed by atoms with van der Waals surface area (Å²) in [5.41, 5.74) is 3.49. The van der Waals surface area contributed by atoms with E-state index in [4.69, 9.17) is 0 Å². The van der Waals surface area contributed by atoms with Crippen LogP contribution in [0.15, 0.2) is 59.0 Å². The van der Waals surface area contributed by atoms with Crippen molar-refractivity contribution < 1.29 is 9.72 Å². The van der Waals surface area contributed by atoms with E-state index in [-0.39, 0.29) is 17.8 Å². The molecular formula is C23H20N4O4S. The van der Waals surface area contributed by atoms with Gasteiger partial charge < -0.3 is 5.32 Å². The molecule has 4 aromatic rings. The van der Waals surface area contributed by atoms with Crippen LogP contribution >= 0.6 is 11.3 Å². The van der Waals surface area contributed by atoms with Gasteiger partial charge in [0.15, 0.2) is 0 Å². The molecule has 0 saturated heterocycles. The summed E-state index contributed by atoms with van der Waals surface area (Å²) in [5.74, 6) is -0.471. The summed E-state index contributed by atoms with van der Waals surface area (Å²) in [6.07, 6.45) is 2.28. The number of hydrogen-bond acceptors (Lipinski definition) is 6. The van der Waals surface area contributed by atoms with E-state index in [0.29, 0.717) is 21.5 Å². The summed E-state index contributed by atoms with van der Waals surface area (Å²) >= 11 is 1.38. The first-order chi connectivity index (χ1) is 15.4. The predicted molar refractivity (Wildman–Crippen MR) is 125 cm³/mol. The molecule has 0 aliphatic carbocycles. The van der Waals surface area contributed by atoms with Gasteiger partial charge in [-0.3, -0.25) is 24.3 Å². The molecule has 4 rings (SSSR count). The lowest BCUT2D eigenvalue weighted by Crippen LogP contribution is -2.28. The van der Waals surface area contributed by atoms with Gasteiger partial charge in [-0.05, 0) is 30.0 Å². The highest BCUT2D eigenvalue weighted by Gasteiger charge is 2.16. The van der Waals surface area contributed by atoms with Gasteiger partial charge >= 0.3 is 0 Å². The normalized spacial score (nSPS) is 10.9. The van der Waals surface area contributed by atoms with E-state index in [0.717, 1.165) is 17.5 Å². The fourth-order valence-electron chi connectivity index (χ4n) is 3.42. The number of anilines is 1.